The lowest BCUT2D eigenvalue weighted by atomic mass is 9.98. The third-order valence-corrected chi connectivity index (χ3v) is 19.5. The Morgan fingerprint density at radius 3 is 1.94 bits per heavy atom. The Morgan fingerprint density at radius 1 is 0.679 bits per heavy atom. The first-order chi connectivity index (χ1) is 53.0. The van der Waals surface area contributed by atoms with Crippen LogP contribution in [0.15, 0.2) is 66.7 Å². The maximum absolute atomic E-state index is 15.4. The van der Waals surface area contributed by atoms with Gasteiger partial charge in [-0.3, -0.25) is 38.4 Å². The van der Waals surface area contributed by atoms with Crippen LogP contribution in [0.5, 0.6) is 17.2 Å². The van der Waals surface area contributed by atoms with Crippen LogP contribution in [-0.4, -0.2) is 264 Å². The minimum Gasteiger partial charge on any atom is -0.504 e. The highest BCUT2D eigenvalue weighted by Crippen LogP contribution is 2.34. The number of aromatic nitrogens is 2. The number of nitrogens with one attached hydrogen (secondary N) is 8. The predicted molar refractivity (Wildman–Crippen MR) is 401 cm³/mol. The van der Waals surface area contributed by atoms with Gasteiger partial charge in [-0.2, -0.15) is 0 Å². The number of carbonyl (C=O) groups is 10. The molecule has 14 atom stereocenters. The van der Waals surface area contributed by atoms with Gasteiger partial charge in [-0.1, -0.05) is 65.1 Å². The summed E-state index contributed by atoms with van der Waals surface area (Å²) < 4.78 is 31.2. The molecule has 0 unspecified atom stereocenters. The number of phenolic OH excluding ortho intramolecular Hbond substituents is 1. The molecule has 0 saturated carbocycles. The molecule has 4 aromatic rings. The zero-order chi connectivity index (χ0) is 82.1. The summed E-state index contributed by atoms with van der Waals surface area (Å²) in [7, 11) is 1.69. The SMILES string of the molecule is COCCCCCCCOc1ccc(-c2nnc(-c3ccc(C(=O)N[C@H]4C[C@H](O)CNC(=O)[C@@H]5[C@@H](O)[C@H](C)CN5C(=O)[C@H]([C@H](O)CCNC(=O)[C@H](CCCNC(=O)OC(C)(C)C)NC(=O)OC(C)(C)C)NC(=O)[C@H]([C@H](O)Cc5ccc(O)c(OSOOO)c5)NC(=O)[C@@H]5C[C@H](O)CN5C(=O)[C@H]([C@H](C)O)NC4=O)cc3)s2)cc1. The number of aliphatic hydroxyl groups excluding tert-OH is 6. The fourth-order valence-electron chi connectivity index (χ4n) is 12.5. The van der Waals surface area contributed by atoms with E-state index < -0.39 is 213 Å². The molecular formula is C73H104N12O25S2. The van der Waals surface area contributed by atoms with E-state index >= 15 is 9.59 Å². The molecule has 37 nitrogen and oxygen atoms in total. The minimum absolute atomic E-state index is 0.0172. The number of nitrogens with zero attached hydrogens (tertiary/aromatic N) is 4. The number of hydrogen-bond acceptors (Lipinski definition) is 29. The number of alkyl carbamates (subject to hydrolysis) is 2. The lowest BCUT2D eigenvalue weighted by Crippen LogP contribution is -2.64. The quantitative estimate of drug-likeness (QED) is 0.0147. The van der Waals surface area contributed by atoms with E-state index in [4.69, 9.17) is 28.4 Å². The number of aliphatic hydroxyl groups is 6. The second-order valence-corrected chi connectivity index (χ2v) is 31.0. The zero-order valence-corrected chi connectivity index (χ0v) is 65.4. The first kappa shape index (κ1) is 90.1. The second-order valence-electron chi connectivity index (χ2n) is 29.6. The summed E-state index contributed by atoms with van der Waals surface area (Å²) in [6.07, 6.45) is -10.2. The Bertz CT molecular complexity index is 3810. The van der Waals surface area contributed by atoms with Gasteiger partial charge in [0.05, 0.1) is 43.2 Å². The number of ether oxygens (including phenoxy) is 4. The fourth-order valence-corrected chi connectivity index (χ4v) is 13.6. The molecule has 0 aliphatic carbocycles. The smallest absolute Gasteiger partial charge is 0.408 e. The Kier molecular flexibility index (Phi) is 34.3. The van der Waals surface area contributed by atoms with Crippen molar-refractivity contribution in [1.29, 1.82) is 0 Å². The molecule has 16 N–H and O–H groups in total. The third kappa shape index (κ3) is 27.3. The first-order valence-electron chi connectivity index (χ1n) is 36.8. The van der Waals surface area contributed by atoms with E-state index in [1.807, 2.05) is 24.3 Å². The highest BCUT2D eigenvalue weighted by Gasteiger charge is 2.50. The number of unbranched alkanes of at least 4 members (excludes halogenated alkanes) is 4. The lowest BCUT2D eigenvalue weighted by molar-refractivity contribution is -0.433. The number of aromatic hydroxyl groups is 1. The van der Waals surface area contributed by atoms with Crippen molar-refractivity contribution < 1.29 is 121 Å². The molecule has 3 aliphatic heterocycles. The fraction of sp³-hybridized carbons (Fsp3) is 0.589. The number of rotatable bonds is 31. The van der Waals surface area contributed by atoms with Crippen LogP contribution in [0.2, 0.25) is 0 Å². The number of amides is 10. The van der Waals surface area contributed by atoms with Crippen LogP contribution in [-0.2, 0) is 63.6 Å². The number of β-amino-alcohol motifs (C(OH)–C–C–N with tert-alkyl or cyclic N) is 1. The zero-order valence-electron chi connectivity index (χ0n) is 63.8. The van der Waals surface area contributed by atoms with Crippen LogP contribution in [0, 0.1) is 5.92 Å². The number of hydrogen-bond donors (Lipinski definition) is 16. The molecule has 39 heteroatoms. The topological polar surface area (TPSA) is 526 Å². The van der Waals surface area contributed by atoms with Crippen molar-refractivity contribution >= 4 is 83.1 Å². The van der Waals surface area contributed by atoms with E-state index in [0.29, 0.717) is 27.9 Å². The Balaban J connectivity index is 1.18. The molecule has 0 bridgehead atoms. The number of carbonyl (C=O) groups excluding carboxylic acids is 10. The molecule has 3 aliphatic rings. The molecule has 7 rings (SSSR count). The summed E-state index contributed by atoms with van der Waals surface area (Å²) in [6.45, 7) is 11.2. The number of fused-ring (bicyclic) bond motifs is 2. The molecule has 4 heterocycles. The summed E-state index contributed by atoms with van der Waals surface area (Å²) in [5, 5.41) is 123. The van der Waals surface area contributed by atoms with Crippen molar-refractivity contribution in [2.75, 3.05) is 53.0 Å². The van der Waals surface area contributed by atoms with Crippen molar-refractivity contribution in [2.24, 2.45) is 5.92 Å². The number of methoxy groups -OCH3 is 1. The maximum Gasteiger partial charge on any atom is 0.408 e. The van der Waals surface area contributed by atoms with Gasteiger partial charge in [0.2, 0.25) is 41.4 Å². The molecule has 3 fully saturated rings. The predicted octanol–water partition coefficient (Wildman–Crippen LogP) is 1.57. The first-order valence-corrected chi connectivity index (χ1v) is 38.3. The number of benzene rings is 3. The molecule has 3 aromatic carbocycles. The average molecular weight is 1610 g/mol. The van der Waals surface area contributed by atoms with Crippen LogP contribution in [0.25, 0.3) is 21.1 Å². The summed E-state index contributed by atoms with van der Waals surface area (Å²) in [6, 6.07) is 3.61. The largest absolute Gasteiger partial charge is 0.504 e. The third-order valence-electron chi connectivity index (χ3n) is 18.2. The van der Waals surface area contributed by atoms with Gasteiger partial charge in [0.25, 0.3) is 18.2 Å². The molecular weight excluding hydrogens is 1510 g/mol. The van der Waals surface area contributed by atoms with Gasteiger partial charge in [0.15, 0.2) is 11.5 Å². The highest BCUT2D eigenvalue weighted by atomic mass is 32.2. The highest BCUT2D eigenvalue weighted by molar-refractivity contribution is 7.90. The minimum atomic E-state index is -2.26. The van der Waals surface area contributed by atoms with Crippen LogP contribution < -0.4 is 51.5 Å². The average Bonchev–Trinajstić information content (AvgIpc) is 1.61. The number of phenols is 1. The van der Waals surface area contributed by atoms with Crippen LogP contribution in [0.1, 0.15) is 136 Å². The van der Waals surface area contributed by atoms with Gasteiger partial charge in [0, 0.05) is 88.3 Å². The molecule has 3 saturated heterocycles. The van der Waals surface area contributed by atoms with E-state index in [9.17, 15) is 74.1 Å². The molecule has 1 aromatic heterocycles. The van der Waals surface area contributed by atoms with Crippen molar-refractivity contribution in [2.45, 2.75) is 216 Å². The summed E-state index contributed by atoms with van der Waals surface area (Å²) in [4.78, 5) is 145. The van der Waals surface area contributed by atoms with Crippen molar-refractivity contribution in [3.05, 3.63) is 77.9 Å². The van der Waals surface area contributed by atoms with Crippen molar-refractivity contribution in [1.82, 2.24) is 62.5 Å². The standard InChI is InChI=1S/C73H104N12O25S2/c1-39-37-85-58(59(39)92)65(98)76-36-45(87)34-49(77-60(93)42-18-20-43(21-19-42)66-82-83-67(111-66)44-22-24-47(25-23-44)105-31-14-12-10-11-13-30-104-9)62(95)79-55(40(2)86)68(99)84-38-46(88)35-50(84)63(96)80-56(53(91)32-41-17-26-51(89)54(33-41)108-112-110-109-103)64(97)81-57(69(85)100)52(90)27-29-74-61(94)48(78-71(102)107-73(6,7)8)16-15-28-75-70(101)106-72(3,4)5/h17-26,33,39-40,45-46,48-50,52-53,55-59,86-92,103H,10-16,27-32,34-38H2,1-9H3,(H,74,94)(H,75,101)(H,76,98)(H,77,93)(H,78,102)(H,79,95)(H,80,96)(H,81,97)/t39-,40+,45+,46+,48+,49+,50+,52-,53-,55+,56+,57+,58+,59+/m1/s1. The van der Waals surface area contributed by atoms with Gasteiger partial charge >= 0.3 is 12.2 Å². The van der Waals surface area contributed by atoms with Gasteiger partial charge in [-0.15, -0.1) is 10.2 Å². The second kappa shape index (κ2) is 42.7. The van der Waals surface area contributed by atoms with E-state index in [1.54, 1.807) is 60.8 Å². The van der Waals surface area contributed by atoms with Crippen molar-refractivity contribution in [3.63, 3.8) is 0 Å². The van der Waals surface area contributed by atoms with E-state index in [-0.39, 0.29) is 48.6 Å². The normalized spacial score (nSPS) is 22.8. The van der Waals surface area contributed by atoms with E-state index in [2.05, 4.69) is 62.1 Å². The van der Waals surface area contributed by atoms with Crippen LogP contribution >= 0.6 is 23.7 Å². The monoisotopic (exact) mass is 1610 g/mol. The molecule has 0 spiro atoms. The molecule has 112 heavy (non-hydrogen) atoms. The Labute approximate surface area is 655 Å². The molecule has 10 amide bonds. The van der Waals surface area contributed by atoms with Crippen molar-refractivity contribution in [3.8, 4) is 38.4 Å². The summed E-state index contributed by atoms with van der Waals surface area (Å²) in [5.74, 6) is -10.3. The Hall–Kier alpha value is -9.13. The molecule has 618 valence electrons. The summed E-state index contributed by atoms with van der Waals surface area (Å²) >= 11 is 1.32. The van der Waals surface area contributed by atoms with E-state index in [1.165, 1.54) is 36.5 Å². The Morgan fingerprint density at radius 2 is 1.29 bits per heavy atom. The summed E-state index contributed by atoms with van der Waals surface area (Å²) in [5.41, 5.74) is -0.470. The van der Waals surface area contributed by atoms with E-state index in [0.717, 1.165) is 73.1 Å². The lowest BCUT2D eigenvalue weighted by Gasteiger charge is -2.34. The van der Waals surface area contributed by atoms with Crippen LogP contribution in [0.3, 0.4) is 0 Å². The molecule has 0 radical (unpaired) electrons. The van der Waals surface area contributed by atoms with Gasteiger partial charge < -0.3 is 111 Å². The maximum atomic E-state index is 15.4. The van der Waals surface area contributed by atoms with Gasteiger partial charge in [-0.05, 0) is 135 Å². The van der Waals surface area contributed by atoms with Crippen LogP contribution in [0.4, 0.5) is 9.59 Å². The van der Waals surface area contributed by atoms with Gasteiger partial charge in [-0.25, -0.2) is 14.8 Å². The van der Waals surface area contributed by atoms with Gasteiger partial charge in [0.1, 0.15) is 69.3 Å².